The molecule has 3 aliphatic heterocycles. The summed E-state index contributed by atoms with van der Waals surface area (Å²) < 4.78 is 47.6. The summed E-state index contributed by atoms with van der Waals surface area (Å²) in [6.07, 6.45) is 8.01. The Morgan fingerprint density at radius 2 is 1.88 bits per heavy atom. The van der Waals surface area contributed by atoms with Crippen LogP contribution in [0.1, 0.15) is 88.4 Å². The van der Waals surface area contributed by atoms with Gasteiger partial charge in [0.2, 0.25) is 21.8 Å². The number of allylic oxidation sites excluding steroid dienone is 1. The lowest BCUT2D eigenvalue weighted by molar-refractivity contribution is -0.159. The number of sulfonamides is 1. The highest BCUT2D eigenvalue weighted by Crippen LogP contribution is 2.47. The number of carbonyl (C=O) groups excluding carboxylic acids is 5. The average Bonchev–Trinajstić information content (AvgIpc) is 3.94. The van der Waals surface area contributed by atoms with Gasteiger partial charge in [0, 0.05) is 54.2 Å². The summed E-state index contributed by atoms with van der Waals surface area (Å²) in [7, 11) is -3.93. The summed E-state index contributed by atoms with van der Waals surface area (Å²) in [5, 5.41) is 13.6. The number of esters is 1. The summed E-state index contributed by atoms with van der Waals surface area (Å²) in [5.74, 6) is -6.21. The number of halogens is 1. The van der Waals surface area contributed by atoms with E-state index in [0.717, 1.165) is 30.2 Å². The first-order valence-corrected chi connectivity index (χ1v) is 21.7. The third-order valence-corrected chi connectivity index (χ3v) is 14.0. The molecule has 1 aromatic carbocycles. The van der Waals surface area contributed by atoms with E-state index in [1.807, 2.05) is 12.2 Å². The minimum absolute atomic E-state index is 0.0867. The van der Waals surface area contributed by atoms with Crippen molar-refractivity contribution in [3.05, 3.63) is 46.6 Å². The van der Waals surface area contributed by atoms with Gasteiger partial charge in [0.25, 0.3) is 11.8 Å². The number of likely N-dealkylation sites (tertiary alicyclic amines) is 1. The molecule has 7 rings (SSSR count). The number of rotatable bonds is 7. The number of fused-ring (bicyclic) bond motifs is 4. The van der Waals surface area contributed by atoms with E-state index in [1.54, 1.807) is 31.1 Å². The zero-order valence-electron chi connectivity index (χ0n) is 31.7. The Hall–Kier alpha value is -4.38. The Balaban J connectivity index is 1.17. The van der Waals surface area contributed by atoms with E-state index in [-0.39, 0.29) is 49.3 Å². The number of hydrogen-bond acceptors (Lipinski definition) is 11. The van der Waals surface area contributed by atoms with Gasteiger partial charge in [0.1, 0.15) is 17.2 Å². The van der Waals surface area contributed by atoms with E-state index in [9.17, 15) is 41.9 Å². The molecular formula is C39H48FN5O9S2. The Labute approximate surface area is 329 Å². The highest BCUT2D eigenvalue weighted by Gasteiger charge is 2.63. The van der Waals surface area contributed by atoms with Crippen molar-refractivity contribution in [2.45, 2.75) is 101 Å². The lowest BCUT2D eigenvalue weighted by atomic mass is 9.92. The molecule has 0 bridgehead atoms. The maximum absolute atomic E-state index is 14.6. The van der Waals surface area contributed by atoms with Crippen molar-refractivity contribution in [3.63, 3.8) is 0 Å². The van der Waals surface area contributed by atoms with Crippen LogP contribution in [0.2, 0.25) is 0 Å². The Kier molecular flexibility index (Phi) is 10.8. The topological polar surface area (TPSA) is 192 Å². The first-order valence-electron chi connectivity index (χ1n) is 19.3. The quantitative estimate of drug-likeness (QED) is 0.273. The molecule has 2 aliphatic carbocycles. The van der Waals surface area contributed by atoms with Gasteiger partial charge in [-0.2, -0.15) is 0 Å². The van der Waals surface area contributed by atoms with Gasteiger partial charge >= 0.3 is 5.97 Å². The van der Waals surface area contributed by atoms with Crippen LogP contribution in [0.15, 0.2) is 35.7 Å². The smallest absolute Gasteiger partial charge is 0.307 e. The van der Waals surface area contributed by atoms with Crippen LogP contribution in [0.3, 0.4) is 0 Å². The number of benzene rings is 1. The highest BCUT2D eigenvalue weighted by atomic mass is 32.2. The van der Waals surface area contributed by atoms with Crippen molar-refractivity contribution < 1.29 is 46.6 Å². The molecule has 6 atom stereocenters. The number of nitrogens with zero attached hydrogens (tertiary/aromatic N) is 3. The van der Waals surface area contributed by atoms with E-state index in [4.69, 9.17) is 4.74 Å². The van der Waals surface area contributed by atoms with E-state index < -0.39 is 85.5 Å². The first kappa shape index (κ1) is 39.8. The first-order chi connectivity index (χ1) is 26.5. The zero-order chi connectivity index (χ0) is 40.2. The predicted molar refractivity (Wildman–Crippen MR) is 203 cm³/mol. The molecule has 1 aromatic heterocycles. The molecule has 4 amide bonds. The van der Waals surface area contributed by atoms with E-state index >= 15 is 0 Å². The Bertz CT molecular complexity index is 2060. The lowest BCUT2D eigenvalue weighted by Crippen LogP contribution is -2.58. The molecule has 17 heteroatoms. The molecule has 4 fully saturated rings. The van der Waals surface area contributed by atoms with Gasteiger partial charge in [-0.25, -0.2) is 17.8 Å². The van der Waals surface area contributed by atoms with Crippen LogP contribution in [0, 0.1) is 29.5 Å². The van der Waals surface area contributed by atoms with Crippen LogP contribution in [-0.2, 0) is 33.9 Å². The molecule has 56 heavy (non-hydrogen) atoms. The Morgan fingerprint density at radius 1 is 1.11 bits per heavy atom. The number of aromatic nitrogens is 1. The van der Waals surface area contributed by atoms with Gasteiger partial charge in [0.15, 0.2) is 16.6 Å². The number of phenols is 1. The SMILES string of the molecule is CC(C)(C)OC(=O)C[C@H]1CCCCC/C=C\[C@@H]2C[C@@]2(C(=O)NS(=O)(=O)C2CC2)NC(=O)[C@@H]2[C@H]3CN(C(=O)c4nc(-c5ccc(O)c(F)c5)cs4)C[C@H]3CN2C1=O. The number of ether oxygens (including phenoxy) is 1. The summed E-state index contributed by atoms with van der Waals surface area (Å²) in [5.41, 5.74) is -1.58. The fraction of sp³-hybridized carbons (Fsp3) is 0.590. The van der Waals surface area contributed by atoms with Gasteiger partial charge in [-0.15, -0.1) is 11.3 Å². The van der Waals surface area contributed by atoms with E-state index in [2.05, 4.69) is 15.0 Å². The second-order valence-corrected chi connectivity index (χ2v) is 19.6. The molecule has 5 aliphatic rings. The van der Waals surface area contributed by atoms with Crippen molar-refractivity contribution in [2.75, 3.05) is 19.6 Å². The molecule has 3 N–H and O–H groups in total. The number of hydrogen-bond donors (Lipinski definition) is 3. The van der Waals surface area contributed by atoms with Gasteiger partial charge in [0.05, 0.1) is 17.4 Å². The number of aromatic hydroxyl groups is 1. The van der Waals surface area contributed by atoms with Crippen LogP contribution in [0.5, 0.6) is 5.75 Å². The lowest BCUT2D eigenvalue weighted by Gasteiger charge is -2.32. The second-order valence-electron chi connectivity index (χ2n) is 16.8. The summed E-state index contributed by atoms with van der Waals surface area (Å²) in [6, 6.07) is 2.70. The molecule has 4 heterocycles. The molecule has 0 radical (unpaired) electrons. The van der Waals surface area contributed by atoms with Crippen molar-refractivity contribution in [3.8, 4) is 17.0 Å². The number of amides is 4. The molecular weight excluding hydrogens is 766 g/mol. The maximum atomic E-state index is 14.6. The fourth-order valence-corrected chi connectivity index (χ4v) is 10.4. The van der Waals surface area contributed by atoms with Crippen LogP contribution in [-0.4, -0.2) is 100.0 Å². The number of carbonyl (C=O) groups is 5. The standard InChI is InChI=1S/C39H48FN5O9S2/c1-38(2,3)54-31(47)16-23-9-7-5-4-6-8-10-25-17-39(25,37(51)43-56(52,53)26-12-13-26)42-33(48)32-27-20-44(18-24(27)19-45(32)35(23)49)36(50)34-41-29(21-55-34)22-11-14-30(46)28(40)15-22/h8,10-11,14-15,21,23-27,32,46H,4-7,9,12-13,16-20H2,1-3H3,(H,42,48)(H,43,51)/b10-8-/t23-,24+,25-,27+,32+,39-/m1/s1. The van der Waals surface area contributed by atoms with Crippen LogP contribution < -0.4 is 10.0 Å². The molecule has 14 nitrogen and oxygen atoms in total. The highest BCUT2D eigenvalue weighted by molar-refractivity contribution is 7.91. The van der Waals surface area contributed by atoms with Crippen molar-refractivity contribution >= 4 is 51.0 Å². The monoisotopic (exact) mass is 813 g/mol. The fourth-order valence-electron chi connectivity index (χ4n) is 8.26. The number of phenolic OH excluding ortho intramolecular Hbond substituents is 1. The summed E-state index contributed by atoms with van der Waals surface area (Å²) >= 11 is 1.08. The van der Waals surface area contributed by atoms with E-state index in [1.165, 1.54) is 17.0 Å². The maximum Gasteiger partial charge on any atom is 0.307 e. The number of thiazole rings is 1. The van der Waals surface area contributed by atoms with Crippen molar-refractivity contribution in [2.24, 2.45) is 23.7 Å². The predicted octanol–water partition coefficient (Wildman–Crippen LogP) is 3.91. The third-order valence-electron chi connectivity index (χ3n) is 11.4. The van der Waals surface area contributed by atoms with Crippen molar-refractivity contribution in [1.82, 2.24) is 24.8 Å². The van der Waals surface area contributed by atoms with Gasteiger partial charge in [-0.05, 0) is 77.5 Å². The molecule has 0 spiro atoms. The van der Waals surface area contributed by atoms with E-state index in [0.29, 0.717) is 43.4 Å². The molecule has 2 saturated carbocycles. The Morgan fingerprint density at radius 3 is 2.59 bits per heavy atom. The molecule has 2 saturated heterocycles. The minimum atomic E-state index is -3.93. The zero-order valence-corrected chi connectivity index (χ0v) is 33.3. The molecule has 0 unspecified atom stereocenters. The van der Waals surface area contributed by atoms with Gasteiger partial charge in [-0.3, -0.25) is 28.7 Å². The van der Waals surface area contributed by atoms with Gasteiger partial charge < -0.3 is 25.0 Å². The largest absolute Gasteiger partial charge is 0.505 e. The third kappa shape index (κ3) is 8.34. The number of nitrogens with one attached hydrogen (secondary N) is 2. The molecule has 2 aromatic rings. The van der Waals surface area contributed by atoms with Crippen LogP contribution in [0.25, 0.3) is 11.3 Å². The van der Waals surface area contributed by atoms with Crippen LogP contribution >= 0.6 is 11.3 Å². The summed E-state index contributed by atoms with van der Waals surface area (Å²) in [6.45, 7) is 5.65. The minimum Gasteiger partial charge on any atom is -0.505 e. The van der Waals surface area contributed by atoms with Crippen LogP contribution in [0.4, 0.5) is 4.39 Å². The summed E-state index contributed by atoms with van der Waals surface area (Å²) in [4.78, 5) is 77.5. The molecule has 302 valence electrons. The van der Waals surface area contributed by atoms with Crippen molar-refractivity contribution in [1.29, 1.82) is 0 Å². The van der Waals surface area contributed by atoms with Gasteiger partial charge in [-0.1, -0.05) is 25.0 Å². The second kappa shape index (κ2) is 15.2. The average molecular weight is 814 g/mol. The normalized spacial score (nSPS) is 28.9.